The molecule has 0 fully saturated rings. The lowest BCUT2D eigenvalue weighted by molar-refractivity contribution is -0.214. The van der Waals surface area contributed by atoms with Gasteiger partial charge < -0.3 is 9.47 Å². The van der Waals surface area contributed by atoms with Crippen LogP contribution >= 0.6 is 0 Å². The third-order valence-corrected chi connectivity index (χ3v) is 1.75. The molecule has 16 heavy (non-hydrogen) atoms. The zero-order valence-electron chi connectivity index (χ0n) is 8.59. The van der Waals surface area contributed by atoms with Gasteiger partial charge in [-0.25, -0.2) is 9.18 Å². The van der Waals surface area contributed by atoms with Crippen LogP contribution in [0.15, 0.2) is 18.2 Å². The Balaban J connectivity index is 2.95. The van der Waals surface area contributed by atoms with E-state index in [9.17, 15) is 18.0 Å². The monoisotopic (exact) mass is 234 g/mol. The van der Waals surface area contributed by atoms with E-state index in [0.29, 0.717) is 5.56 Å². The summed E-state index contributed by atoms with van der Waals surface area (Å²) in [6, 6.07) is 3.42. The van der Waals surface area contributed by atoms with E-state index >= 15 is 0 Å². The molecule has 0 aliphatic rings. The van der Waals surface area contributed by atoms with E-state index in [1.165, 1.54) is 6.07 Å². The number of carbonyl (C=O) groups is 1. The molecule has 0 amide bonds. The van der Waals surface area contributed by atoms with Gasteiger partial charge in [0.2, 0.25) is 0 Å². The number of aryl methyl sites for hydroxylation is 1. The number of alkyl halides is 2. The summed E-state index contributed by atoms with van der Waals surface area (Å²) >= 11 is 0. The van der Waals surface area contributed by atoms with E-state index in [1.807, 2.05) is 0 Å². The fourth-order valence-corrected chi connectivity index (χ4v) is 0.987. The molecule has 0 unspecified atom stereocenters. The van der Waals surface area contributed by atoms with Crippen molar-refractivity contribution in [2.45, 2.75) is 13.0 Å². The summed E-state index contributed by atoms with van der Waals surface area (Å²) < 4.78 is 46.8. The molecule has 0 N–H and O–H groups in total. The van der Waals surface area contributed by atoms with Crippen molar-refractivity contribution in [1.29, 1.82) is 0 Å². The minimum absolute atomic E-state index is 0.525. The molecule has 0 bridgehead atoms. The van der Waals surface area contributed by atoms with Gasteiger partial charge in [-0.3, -0.25) is 0 Å². The maximum atomic E-state index is 13.1. The van der Waals surface area contributed by atoms with Gasteiger partial charge in [-0.2, -0.15) is 8.78 Å². The lowest BCUT2D eigenvalue weighted by Gasteiger charge is -2.15. The Bertz CT molecular complexity index is 404. The molecule has 0 saturated heterocycles. The van der Waals surface area contributed by atoms with Crippen molar-refractivity contribution in [2.24, 2.45) is 0 Å². The average Bonchev–Trinajstić information content (AvgIpc) is 2.22. The van der Waals surface area contributed by atoms with Crippen LogP contribution < -0.4 is 4.74 Å². The molecule has 0 aromatic heterocycles. The molecule has 0 aliphatic heterocycles. The van der Waals surface area contributed by atoms with Crippen LogP contribution in [0.2, 0.25) is 0 Å². The maximum absolute atomic E-state index is 13.1. The van der Waals surface area contributed by atoms with Crippen LogP contribution in [0, 0.1) is 12.7 Å². The van der Waals surface area contributed by atoms with Gasteiger partial charge in [0.05, 0.1) is 7.11 Å². The highest BCUT2D eigenvalue weighted by molar-refractivity contribution is 5.76. The molecule has 6 heteroatoms. The zero-order valence-corrected chi connectivity index (χ0v) is 8.59. The predicted octanol–water partition coefficient (Wildman–Crippen LogP) is 2.28. The van der Waals surface area contributed by atoms with Crippen LogP contribution in [0.25, 0.3) is 0 Å². The second kappa shape index (κ2) is 4.42. The molecule has 0 radical (unpaired) electrons. The molecule has 3 nitrogen and oxygen atoms in total. The quantitative estimate of drug-likeness (QED) is 0.752. The molecule has 1 rings (SSSR count). The Kier molecular flexibility index (Phi) is 3.41. The Labute approximate surface area is 89.8 Å². The first-order chi connectivity index (χ1) is 7.36. The minimum Gasteiger partial charge on any atom is -0.462 e. The standard InChI is InChI=1S/C10H9F3O3/c1-6-3-4-7(11)8(5-6)16-10(12,13)9(14)15-2/h3-5H,1-2H3. The number of hydrogen-bond acceptors (Lipinski definition) is 3. The molecular formula is C10H9F3O3. The van der Waals surface area contributed by atoms with E-state index < -0.39 is 23.6 Å². The SMILES string of the molecule is COC(=O)C(F)(F)Oc1cc(C)ccc1F. The third-order valence-electron chi connectivity index (χ3n) is 1.75. The van der Waals surface area contributed by atoms with E-state index in [0.717, 1.165) is 19.2 Å². The number of halogens is 3. The van der Waals surface area contributed by atoms with Crippen molar-refractivity contribution in [2.75, 3.05) is 7.11 Å². The number of ether oxygens (including phenoxy) is 2. The fourth-order valence-electron chi connectivity index (χ4n) is 0.987. The second-order valence-electron chi connectivity index (χ2n) is 3.04. The highest BCUT2D eigenvalue weighted by Crippen LogP contribution is 2.26. The number of carbonyl (C=O) groups excluding carboxylic acids is 1. The van der Waals surface area contributed by atoms with Crippen LogP contribution in [0.4, 0.5) is 13.2 Å². The highest BCUT2D eigenvalue weighted by Gasteiger charge is 2.44. The van der Waals surface area contributed by atoms with Gasteiger partial charge in [0.15, 0.2) is 11.6 Å². The molecule has 88 valence electrons. The van der Waals surface area contributed by atoms with Crippen molar-refractivity contribution < 1.29 is 27.4 Å². The Morgan fingerprint density at radius 2 is 2.00 bits per heavy atom. The molecule has 1 aromatic carbocycles. The lowest BCUT2D eigenvalue weighted by Crippen LogP contribution is -2.36. The predicted molar refractivity (Wildman–Crippen MR) is 48.7 cm³/mol. The first kappa shape index (κ1) is 12.4. The number of rotatable bonds is 3. The van der Waals surface area contributed by atoms with Crippen LogP contribution in [0.5, 0.6) is 5.75 Å². The molecular weight excluding hydrogens is 225 g/mol. The summed E-state index contributed by atoms with van der Waals surface area (Å²) in [7, 11) is 0.784. The van der Waals surface area contributed by atoms with E-state index in [4.69, 9.17) is 0 Å². The van der Waals surface area contributed by atoms with Crippen LogP contribution in [0.3, 0.4) is 0 Å². The van der Waals surface area contributed by atoms with E-state index in [-0.39, 0.29) is 0 Å². The molecule has 0 aliphatic carbocycles. The molecule has 0 atom stereocenters. The van der Waals surface area contributed by atoms with Crippen molar-refractivity contribution >= 4 is 5.97 Å². The van der Waals surface area contributed by atoms with Crippen molar-refractivity contribution in [3.05, 3.63) is 29.6 Å². The summed E-state index contributed by atoms with van der Waals surface area (Å²) in [6.07, 6.45) is -4.20. The average molecular weight is 234 g/mol. The Hall–Kier alpha value is -1.72. The van der Waals surface area contributed by atoms with E-state index in [1.54, 1.807) is 6.92 Å². The van der Waals surface area contributed by atoms with Crippen LogP contribution in [0.1, 0.15) is 5.56 Å². The Morgan fingerprint density at radius 1 is 1.38 bits per heavy atom. The van der Waals surface area contributed by atoms with Gasteiger partial charge in [0.1, 0.15) is 0 Å². The number of hydrogen-bond donors (Lipinski definition) is 0. The fraction of sp³-hybridized carbons (Fsp3) is 0.300. The molecule has 1 aromatic rings. The first-order valence-corrected chi connectivity index (χ1v) is 4.28. The zero-order chi connectivity index (χ0) is 12.3. The minimum atomic E-state index is -4.20. The number of benzene rings is 1. The van der Waals surface area contributed by atoms with Gasteiger partial charge in [0, 0.05) is 0 Å². The second-order valence-corrected chi connectivity index (χ2v) is 3.04. The third kappa shape index (κ3) is 2.65. The number of esters is 1. The summed E-state index contributed by atoms with van der Waals surface area (Å²) in [5.74, 6) is -3.56. The molecule has 0 heterocycles. The van der Waals surface area contributed by atoms with Crippen molar-refractivity contribution in [3.63, 3.8) is 0 Å². The maximum Gasteiger partial charge on any atom is 0.502 e. The summed E-state index contributed by atoms with van der Waals surface area (Å²) in [5, 5.41) is 0. The van der Waals surface area contributed by atoms with E-state index in [2.05, 4.69) is 9.47 Å². The molecule has 0 spiro atoms. The normalized spacial score (nSPS) is 11.1. The van der Waals surface area contributed by atoms with Gasteiger partial charge in [-0.15, -0.1) is 0 Å². The van der Waals surface area contributed by atoms with Crippen molar-refractivity contribution in [1.82, 2.24) is 0 Å². The largest absolute Gasteiger partial charge is 0.502 e. The Morgan fingerprint density at radius 3 is 2.56 bits per heavy atom. The van der Waals surface area contributed by atoms with Crippen LogP contribution in [-0.2, 0) is 9.53 Å². The molecule has 0 saturated carbocycles. The first-order valence-electron chi connectivity index (χ1n) is 4.28. The van der Waals surface area contributed by atoms with Gasteiger partial charge in [-0.1, -0.05) is 6.07 Å². The van der Waals surface area contributed by atoms with Crippen molar-refractivity contribution in [3.8, 4) is 5.75 Å². The van der Waals surface area contributed by atoms with Gasteiger partial charge in [-0.05, 0) is 24.6 Å². The topological polar surface area (TPSA) is 35.5 Å². The smallest absolute Gasteiger partial charge is 0.462 e. The number of methoxy groups -OCH3 is 1. The van der Waals surface area contributed by atoms with Gasteiger partial charge in [0.25, 0.3) is 0 Å². The summed E-state index contributed by atoms with van der Waals surface area (Å²) in [6.45, 7) is 1.57. The summed E-state index contributed by atoms with van der Waals surface area (Å²) in [4.78, 5) is 10.6. The highest BCUT2D eigenvalue weighted by atomic mass is 19.3. The van der Waals surface area contributed by atoms with Crippen LogP contribution in [-0.4, -0.2) is 19.2 Å². The lowest BCUT2D eigenvalue weighted by atomic mass is 10.2. The summed E-state index contributed by atoms with van der Waals surface area (Å²) in [5.41, 5.74) is 0.525. The van der Waals surface area contributed by atoms with Gasteiger partial charge >= 0.3 is 12.1 Å².